The SMILES string of the molecule is COc1ccccc1C(C)C(=O)O.COc1ccccc1C(C)CN.COc1ccccc1C(C)CN1C(=O)c2ccccc2C1=O.COc1ccccc1C(C)CO.COc1ccccc1CC(=O)O.Clc1cc(Cl)ncn1.NN.O=C1NC(=O)c2ccccc21. The Hall–Kier alpha value is -9.74. The summed E-state index contributed by atoms with van der Waals surface area (Å²) < 4.78 is 25.8. The molecule has 0 saturated heterocycles. The Kier molecular flexibility index (Phi) is 33.9. The molecule has 8 aromatic rings. The minimum absolute atomic E-state index is 0.00152. The summed E-state index contributed by atoms with van der Waals surface area (Å²) >= 11 is 10.8. The summed E-state index contributed by atoms with van der Waals surface area (Å²) in [6.45, 7) is 8.84. The number of aliphatic hydroxyl groups excluding tert-OH is 1. The van der Waals surface area contributed by atoms with Crippen LogP contribution in [0.3, 0.4) is 0 Å². The molecule has 2 aliphatic heterocycles. The molecular formula is C69H79Cl2N7O14. The Balaban J connectivity index is 0.000000285. The number of rotatable bonds is 16. The lowest BCUT2D eigenvalue weighted by Crippen LogP contribution is -2.33. The summed E-state index contributed by atoms with van der Waals surface area (Å²) in [5, 5.41) is 29.2. The fourth-order valence-electron chi connectivity index (χ4n) is 8.82. The molecule has 0 aliphatic carbocycles. The quantitative estimate of drug-likeness (QED) is 0.0204. The van der Waals surface area contributed by atoms with Gasteiger partial charge in [-0.25, -0.2) is 9.97 Å². The van der Waals surface area contributed by atoms with Crippen molar-refractivity contribution >= 4 is 58.8 Å². The van der Waals surface area contributed by atoms with Crippen LogP contribution in [0.5, 0.6) is 28.7 Å². The predicted molar refractivity (Wildman–Crippen MR) is 354 cm³/mol. The first-order chi connectivity index (χ1) is 44.2. The molecule has 10 rings (SSSR count). The number of nitrogens with two attached hydrogens (primary N) is 3. The maximum Gasteiger partial charge on any atom is 0.310 e. The molecule has 4 amide bonds. The fourth-order valence-corrected chi connectivity index (χ4v) is 9.17. The van der Waals surface area contributed by atoms with Crippen LogP contribution in [-0.2, 0) is 16.0 Å². The summed E-state index contributed by atoms with van der Waals surface area (Å²) in [4.78, 5) is 76.3. The highest BCUT2D eigenvalue weighted by molar-refractivity contribution is 6.33. The van der Waals surface area contributed by atoms with Crippen LogP contribution in [0.4, 0.5) is 0 Å². The van der Waals surface area contributed by atoms with Gasteiger partial charge in [-0.3, -0.25) is 50.7 Å². The molecule has 0 spiro atoms. The number of nitrogens with one attached hydrogen (secondary N) is 1. The van der Waals surface area contributed by atoms with Gasteiger partial charge >= 0.3 is 11.9 Å². The number of fused-ring (bicyclic) bond motifs is 2. The van der Waals surface area contributed by atoms with Crippen molar-refractivity contribution in [3.63, 3.8) is 0 Å². The second-order valence-corrected chi connectivity index (χ2v) is 20.6. The number of amides is 4. The minimum Gasteiger partial charge on any atom is -0.496 e. The number of benzene rings is 7. The first-order valence-electron chi connectivity index (χ1n) is 28.5. The summed E-state index contributed by atoms with van der Waals surface area (Å²) in [6.07, 6.45) is 1.31. The van der Waals surface area contributed by atoms with Crippen LogP contribution >= 0.6 is 23.2 Å². The van der Waals surface area contributed by atoms with E-state index in [1.54, 1.807) is 113 Å². The summed E-state index contributed by atoms with van der Waals surface area (Å²) in [5.74, 6) is 9.03. The number of halogens is 2. The third-order valence-electron chi connectivity index (χ3n) is 13.7. The van der Waals surface area contributed by atoms with Crippen LogP contribution in [0.1, 0.15) is 121 Å². The van der Waals surface area contributed by atoms with Crippen molar-refractivity contribution in [2.75, 3.05) is 55.2 Å². The average Bonchev–Trinajstić information content (AvgIpc) is 1.69. The number of aromatic nitrogens is 2. The van der Waals surface area contributed by atoms with E-state index in [0.29, 0.717) is 74.2 Å². The first kappa shape index (κ1) is 76.5. The van der Waals surface area contributed by atoms with Crippen LogP contribution in [-0.4, -0.2) is 121 Å². The van der Waals surface area contributed by atoms with Gasteiger partial charge in [0.15, 0.2) is 0 Å². The largest absolute Gasteiger partial charge is 0.496 e. The third kappa shape index (κ3) is 23.3. The lowest BCUT2D eigenvalue weighted by atomic mass is 9.99. The molecule has 21 nitrogen and oxygen atoms in total. The van der Waals surface area contributed by atoms with Gasteiger partial charge < -0.3 is 44.7 Å². The Bertz CT molecular complexity index is 3510. The molecular weight excluding hydrogens is 1220 g/mol. The highest BCUT2D eigenvalue weighted by atomic mass is 35.5. The van der Waals surface area contributed by atoms with E-state index in [4.69, 9.17) is 67.9 Å². The number of para-hydroxylation sites is 5. The molecule has 92 heavy (non-hydrogen) atoms. The van der Waals surface area contributed by atoms with Crippen LogP contribution in [0.2, 0.25) is 10.3 Å². The summed E-state index contributed by atoms with van der Waals surface area (Å²) in [6, 6.07) is 52.8. The smallest absolute Gasteiger partial charge is 0.310 e. The van der Waals surface area contributed by atoms with Gasteiger partial charge in [-0.1, -0.05) is 159 Å². The number of nitrogens with zero attached hydrogens (tertiary/aromatic N) is 3. The topological polar surface area (TPSA) is 328 Å². The van der Waals surface area contributed by atoms with Gasteiger partial charge in [0.05, 0.1) is 70.1 Å². The van der Waals surface area contributed by atoms with Gasteiger partial charge in [0.25, 0.3) is 23.6 Å². The maximum atomic E-state index is 12.4. The van der Waals surface area contributed by atoms with E-state index >= 15 is 0 Å². The van der Waals surface area contributed by atoms with E-state index < -0.39 is 17.9 Å². The van der Waals surface area contributed by atoms with E-state index in [-0.39, 0.29) is 48.5 Å². The third-order valence-corrected chi connectivity index (χ3v) is 14.1. The standard InChI is InChI=1S/C18H17NO3.C10H15NO.C10H12O3.C10H14O2.C9H10O3.C8H5NO2.C4H2Cl2N2.H4N2/c1-12(13-7-5-6-10-16(13)22-2)11-19-17(20)14-8-3-4-9-15(14)18(19)21;1-8(7-11)9-5-3-4-6-10(9)12-2;1-7(10(11)12)8-5-3-4-6-9(8)13-2;1-8(7-11)9-5-3-4-6-10(9)12-2;1-12-8-5-3-2-4-7(8)6-9(10)11;10-7-5-3-1-2-4-6(5)8(11)9-7;5-3-1-4(6)8-2-7-3;1-2/h3-10,12H,11H2,1-2H3;3-6,8H,7,11H2,1-2H3;3-7H,1-2H3,(H,11,12);3-6,8,11H,7H2,1-2H3;2-5H,6H2,1H3,(H,10,11);1-4H,(H,9,10,11);1-2H;1-2H2. The van der Waals surface area contributed by atoms with Crippen LogP contribution in [0.25, 0.3) is 0 Å². The molecule has 0 radical (unpaired) electrons. The van der Waals surface area contributed by atoms with E-state index in [9.17, 15) is 28.8 Å². The van der Waals surface area contributed by atoms with E-state index in [0.717, 1.165) is 28.4 Å². The zero-order valence-electron chi connectivity index (χ0n) is 52.6. The second-order valence-electron chi connectivity index (χ2n) is 19.8. The van der Waals surface area contributed by atoms with Crippen LogP contribution in [0, 0.1) is 0 Å². The molecule has 4 atom stereocenters. The van der Waals surface area contributed by atoms with Gasteiger partial charge in [0.1, 0.15) is 45.4 Å². The van der Waals surface area contributed by atoms with E-state index in [1.807, 2.05) is 92.7 Å². The molecule has 3 heterocycles. The second kappa shape index (κ2) is 40.8. The monoisotopic (exact) mass is 1300 g/mol. The number of hydrazine groups is 1. The molecule has 0 saturated carbocycles. The van der Waals surface area contributed by atoms with Gasteiger partial charge in [-0.15, -0.1) is 0 Å². The van der Waals surface area contributed by atoms with Crippen molar-refractivity contribution in [3.05, 3.63) is 243 Å². The number of aliphatic carboxylic acids is 2. The fraction of sp³-hybridized carbons (Fsp3) is 0.246. The Morgan fingerprint density at radius 2 is 0.837 bits per heavy atom. The van der Waals surface area contributed by atoms with Gasteiger partial charge in [0.2, 0.25) is 0 Å². The number of ether oxygens (including phenoxy) is 5. The van der Waals surface area contributed by atoms with Crippen molar-refractivity contribution in [2.45, 2.75) is 57.8 Å². The van der Waals surface area contributed by atoms with E-state index in [2.05, 4.69) is 40.0 Å². The highest BCUT2D eigenvalue weighted by Gasteiger charge is 2.36. The number of aliphatic hydroxyl groups is 1. The molecule has 7 aromatic carbocycles. The number of hydrogen-bond acceptors (Lipinski definition) is 17. The first-order valence-corrected chi connectivity index (χ1v) is 29.2. The van der Waals surface area contributed by atoms with Gasteiger partial charge in [-0.2, -0.15) is 0 Å². The molecule has 23 heteroatoms. The zero-order chi connectivity index (χ0) is 68.3. The summed E-state index contributed by atoms with van der Waals surface area (Å²) in [5.41, 5.74) is 12.1. The highest BCUT2D eigenvalue weighted by Crippen LogP contribution is 2.31. The molecule has 1 aromatic heterocycles. The van der Waals surface area contributed by atoms with Crippen LogP contribution < -0.4 is 46.4 Å². The normalized spacial score (nSPS) is 12.4. The van der Waals surface area contributed by atoms with Gasteiger partial charge in [0, 0.05) is 42.2 Å². The molecule has 0 fully saturated rings. The maximum absolute atomic E-state index is 12.4. The van der Waals surface area contributed by atoms with Crippen molar-refractivity contribution in [1.29, 1.82) is 0 Å². The number of imide groups is 2. The lowest BCUT2D eigenvalue weighted by molar-refractivity contribution is -0.138. The number of methoxy groups -OCH3 is 5. The van der Waals surface area contributed by atoms with E-state index in [1.165, 1.54) is 37.1 Å². The number of carbonyl (C=O) groups is 6. The number of hydrogen-bond donors (Lipinski definition) is 7. The average molecular weight is 1300 g/mol. The Morgan fingerprint density at radius 1 is 0.500 bits per heavy atom. The number of carbonyl (C=O) groups excluding carboxylic acids is 4. The number of carboxylic acids is 2. The minimum atomic E-state index is -0.848. The molecule has 2 aliphatic rings. The van der Waals surface area contributed by atoms with Gasteiger partial charge in [-0.05, 0) is 90.7 Å². The van der Waals surface area contributed by atoms with Crippen molar-refractivity contribution in [2.24, 2.45) is 17.4 Å². The molecule has 488 valence electrons. The van der Waals surface area contributed by atoms with Crippen LogP contribution in [0.15, 0.2) is 182 Å². The molecule has 0 bridgehead atoms. The molecule has 4 unspecified atom stereocenters. The number of carboxylic acid groups (broad SMARTS) is 2. The van der Waals surface area contributed by atoms with Crippen molar-refractivity contribution in [1.82, 2.24) is 20.2 Å². The van der Waals surface area contributed by atoms with Crippen molar-refractivity contribution < 1.29 is 67.8 Å². The molecule has 10 N–H and O–H groups in total. The Morgan fingerprint density at radius 3 is 1.20 bits per heavy atom. The van der Waals surface area contributed by atoms with Crippen molar-refractivity contribution in [3.8, 4) is 28.7 Å². The predicted octanol–water partition coefficient (Wildman–Crippen LogP) is 11.0. The Labute approximate surface area is 546 Å². The lowest BCUT2D eigenvalue weighted by Gasteiger charge is -2.21. The zero-order valence-corrected chi connectivity index (χ0v) is 54.1. The summed E-state index contributed by atoms with van der Waals surface area (Å²) in [7, 11) is 8.01.